The van der Waals surface area contributed by atoms with Gasteiger partial charge in [-0.25, -0.2) is 4.39 Å². The lowest BCUT2D eigenvalue weighted by Gasteiger charge is -2.11. The first-order valence-corrected chi connectivity index (χ1v) is 6.46. The predicted molar refractivity (Wildman–Crippen MR) is 72.7 cm³/mol. The number of hydrogen-bond acceptors (Lipinski definition) is 1. The Labute approximate surface area is 113 Å². The molecule has 17 heavy (non-hydrogen) atoms. The Morgan fingerprint density at radius 1 is 1.41 bits per heavy atom. The smallest absolute Gasteiger partial charge is 0.182 e. The van der Waals surface area contributed by atoms with Crippen molar-refractivity contribution in [3.05, 3.63) is 45.2 Å². The number of nitrogens with zero attached hydrogens (tertiary/aromatic N) is 1. The Bertz CT molecular complexity index is 601. The molecule has 2 nitrogen and oxygen atoms in total. The predicted octanol–water partition coefficient (Wildman–Crippen LogP) is 4.56. The molecule has 0 aliphatic carbocycles. The van der Waals surface area contributed by atoms with Gasteiger partial charge in [0, 0.05) is 11.9 Å². The molecule has 0 aliphatic rings. The SMILES string of the molecule is CC(C)c1c[nH]c(=S)n1-c1ccc(Br)c(F)c1. The molecule has 0 amide bonds. The Kier molecular flexibility index (Phi) is 3.49. The number of halogens is 2. The highest BCUT2D eigenvalue weighted by molar-refractivity contribution is 9.10. The number of aromatic nitrogens is 2. The zero-order chi connectivity index (χ0) is 12.6. The Morgan fingerprint density at radius 3 is 2.71 bits per heavy atom. The van der Waals surface area contributed by atoms with Gasteiger partial charge in [0.2, 0.25) is 0 Å². The molecule has 0 saturated carbocycles. The fraction of sp³-hybridized carbons (Fsp3) is 0.250. The van der Waals surface area contributed by atoms with Gasteiger partial charge in [-0.3, -0.25) is 4.57 Å². The topological polar surface area (TPSA) is 20.7 Å². The zero-order valence-corrected chi connectivity index (χ0v) is 11.9. The van der Waals surface area contributed by atoms with Gasteiger partial charge in [0.15, 0.2) is 4.77 Å². The van der Waals surface area contributed by atoms with E-state index in [2.05, 4.69) is 34.8 Å². The van der Waals surface area contributed by atoms with Gasteiger partial charge < -0.3 is 4.98 Å². The lowest BCUT2D eigenvalue weighted by atomic mass is 10.1. The lowest BCUT2D eigenvalue weighted by Crippen LogP contribution is -2.02. The molecule has 90 valence electrons. The minimum atomic E-state index is -0.291. The maximum atomic E-state index is 13.5. The number of H-pyrrole nitrogens is 1. The van der Waals surface area contributed by atoms with E-state index in [9.17, 15) is 4.39 Å². The zero-order valence-electron chi connectivity index (χ0n) is 9.50. The molecule has 0 fully saturated rings. The summed E-state index contributed by atoms with van der Waals surface area (Å²) in [6.45, 7) is 4.15. The van der Waals surface area contributed by atoms with E-state index in [1.807, 2.05) is 16.8 Å². The van der Waals surface area contributed by atoms with E-state index in [1.54, 1.807) is 6.07 Å². The molecule has 2 aromatic rings. The van der Waals surface area contributed by atoms with Crippen molar-refractivity contribution < 1.29 is 4.39 Å². The van der Waals surface area contributed by atoms with E-state index in [0.29, 0.717) is 15.2 Å². The number of benzene rings is 1. The first-order chi connectivity index (χ1) is 8.00. The van der Waals surface area contributed by atoms with E-state index in [0.717, 1.165) is 11.4 Å². The minimum Gasteiger partial charge on any atom is -0.337 e. The molecule has 1 aromatic heterocycles. The monoisotopic (exact) mass is 314 g/mol. The summed E-state index contributed by atoms with van der Waals surface area (Å²) in [5.74, 6) is 0.0231. The van der Waals surface area contributed by atoms with Crippen LogP contribution in [0.5, 0.6) is 0 Å². The van der Waals surface area contributed by atoms with Crippen molar-refractivity contribution in [3.63, 3.8) is 0 Å². The van der Waals surface area contributed by atoms with Crippen LogP contribution in [-0.4, -0.2) is 9.55 Å². The number of imidazole rings is 1. The Morgan fingerprint density at radius 2 is 2.12 bits per heavy atom. The van der Waals surface area contributed by atoms with Crippen LogP contribution in [0.4, 0.5) is 4.39 Å². The second-order valence-corrected chi connectivity index (χ2v) is 5.35. The van der Waals surface area contributed by atoms with Crippen molar-refractivity contribution in [3.8, 4) is 5.69 Å². The minimum absolute atomic E-state index is 0.291. The summed E-state index contributed by atoms with van der Waals surface area (Å²) in [6, 6.07) is 4.99. The third-order valence-corrected chi connectivity index (χ3v) is 3.50. The van der Waals surface area contributed by atoms with Crippen molar-refractivity contribution in [2.75, 3.05) is 0 Å². The first kappa shape index (κ1) is 12.5. The second-order valence-electron chi connectivity index (χ2n) is 4.11. The van der Waals surface area contributed by atoms with E-state index in [-0.39, 0.29) is 5.82 Å². The van der Waals surface area contributed by atoms with Gasteiger partial charge in [0.05, 0.1) is 10.2 Å². The molecule has 0 unspecified atom stereocenters. The quantitative estimate of drug-likeness (QED) is 0.806. The molecule has 0 saturated heterocycles. The third-order valence-electron chi connectivity index (χ3n) is 2.56. The molecule has 0 spiro atoms. The van der Waals surface area contributed by atoms with Gasteiger partial charge in [-0.2, -0.15) is 0 Å². The van der Waals surface area contributed by atoms with Crippen molar-refractivity contribution in [1.82, 2.24) is 9.55 Å². The largest absolute Gasteiger partial charge is 0.337 e. The number of nitrogens with one attached hydrogen (secondary N) is 1. The van der Waals surface area contributed by atoms with Crippen LogP contribution in [0, 0.1) is 10.6 Å². The third kappa shape index (κ3) is 2.35. The summed E-state index contributed by atoms with van der Waals surface area (Å²) in [6.07, 6.45) is 1.87. The van der Waals surface area contributed by atoms with Crippen molar-refractivity contribution in [1.29, 1.82) is 0 Å². The molecule has 0 atom stereocenters. The van der Waals surface area contributed by atoms with E-state index in [1.165, 1.54) is 6.07 Å². The number of rotatable bonds is 2. The molecule has 2 rings (SSSR count). The fourth-order valence-electron chi connectivity index (χ4n) is 1.70. The standard InChI is InChI=1S/C12H12BrFN2S/c1-7(2)11-6-15-12(17)16(11)8-3-4-9(13)10(14)5-8/h3-7H,1-2H3,(H,15,17). The highest BCUT2D eigenvalue weighted by atomic mass is 79.9. The van der Waals surface area contributed by atoms with Crippen LogP contribution in [-0.2, 0) is 0 Å². The van der Waals surface area contributed by atoms with Crippen LogP contribution in [0.3, 0.4) is 0 Å². The van der Waals surface area contributed by atoms with Gasteiger partial charge >= 0.3 is 0 Å². The Hall–Kier alpha value is -0.940. The van der Waals surface area contributed by atoms with Gasteiger partial charge in [0.1, 0.15) is 5.82 Å². The summed E-state index contributed by atoms with van der Waals surface area (Å²) in [5.41, 5.74) is 1.78. The summed E-state index contributed by atoms with van der Waals surface area (Å²) in [4.78, 5) is 2.99. The first-order valence-electron chi connectivity index (χ1n) is 5.26. The summed E-state index contributed by atoms with van der Waals surface area (Å²) >= 11 is 8.36. The van der Waals surface area contributed by atoms with E-state index < -0.39 is 0 Å². The van der Waals surface area contributed by atoms with Gasteiger partial charge in [-0.05, 0) is 52.3 Å². The molecule has 1 aromatic carbocycles. The summed E-state index contributed by atoms with van der Waals surface area (Å²) < 4.78 is 16.4. The van der Waals surface area contributed by atoms with Crippen LogP contribution >= 0.6 is 28.1 Å². The highest BCUT2D eigenvalue weighted by Gasteiger charge is 2.11. The maximum Gasteiger partial charge on any atom is 0.182 e. The van der Waals surface area contributed by atoms with Crippen LogP contribution in [0.15, 0.2) is 28.9 Å². The fourth-order valence-corrected chi connectivity index (χ4v) is 2.21. The average Bonchev–Trinajstić information content (AvgIpc) is 2.64. The van der Waals surface area contributed by atoms with Crippen LogP contribution < -0.4 is 0 Å². The molecule has 5 heteroatoms. The molecule has 0 radical (unpaired) electrons. The average molecular weight is 315 g/mol. The van der Waals surface area contributed by atoms with Gasteiger partial charge in [-0.1, -0.05) is 13.8 Å². The van der Waals surface area contributed by atoms with E-state index >= 15 is 0 Å². The van der Waals surface area contributed by atoms with Gasteiger partial charge in [0.25, 0.3) is 0 Å². The second kappa shape index (κ2) is 4.74. The maximum absolute atomic E-state index is 13.5. The van der Waals surface area contributed by atoms with Crippen LogP contribution in [0.25, 0.3) is 5.69 Å². The van der Waals surface area contributed by atoms with Crippen molar-refractivity contribution >= 4 is 28.1 Å². The summed E-state index contributed by atoms with van der Waals surface area (Å²) in [7, 11) is 0. The Balaban J connectivity index is 2.63. The van der Waals surface area contributed by atoms with Crippen LogP contribution in [0.2, 0.25) is 0 Å². The number of aromatic amines is 1. The molecular weight excluding hydrogens is 303 g/mol. The molecular formula is C12H12BrFN2S. The van der Waals surface area contributed by atoms with Crippen molar-refractivity contribution in [2.24, 2.45) is 0 Å². The van der Waals surface area contributed by atoms with Crippen molar-refractivity contribution in [2.45, 2.75) is 19.8 Å². The van der Waals surface area contributed by atoms with Crippen LogP contribution in [0.1, 0.15) is 25.5 Å². The lowest BCUT2D eigenvalue weighted by molar-refractivity contribution is 0.619. The normalized spacial score (nSPS) is 11.1. The summed E-state index contributed by atoms with van der Waals surface area (Å²) in [5, 5.41) is 0. The molecule has 1 N–H and O–H groups in total. The number of hydrogen-bond donors (Lipinski definition) is 1. The van der Waals surface area contributed by atoms with Gasteiger partial charge in [-0.15, -0.1) is 0 Å². The molecule has 0 aliphatic heterocycles. The highest BCUT2D eigenvalue weighted by Crippen LogP contribution is 2.23. The molecule has 1 heterocycles. The van der Waals surface area contributed by atoms with E-state index in [4.69, 9.17) is 12.2 Å². The molecule has 0 bridgehead atoms.